The Balaban J connectivity index is 2.40. The van der Waals surface area contributed by atoms with E-state index in [1.807, 2.05) is 0 Å². The molecule has 0 saturated carbocycles. The number of esters is 1. The van der Waals surface area contributed by atoms with Crippen molar-refractivity contribution in [3.05, 3.63) is 24.8 Å². The Hall–Kier alpha value is -2.04. The average molecular weight is 189 g/mol. The van der Waals surface area contributed by atoms with E-state index in [1.165, 1.54) is 13.1 Å². The van der Waals surface area contributed by atoms with Crippen LogP contribution in [0.1, 0.15) is 6.92 Å². The van der Waals surface area contributed by atoms with Crippen LogP contribution in [-0.4, -0.2) is 20.9 Å². The lowest BCUT2D eigenvalue weighted by Gasteiger charge is -1.92. The Labute approximate surface area is 80.1 Å². The summed E-state index contributed by atoms with van der Waals surface area (Å²) < 4.78 is 4.78. The second-order valence-electron chi connectivity index (χ2n) is 2.70. The molecule has 0 atom stereocenters. The highest BCUT2D eigenvalue weighted by atomic mass is 16.5. The van der Waals surface area contributed by atoms with Crippen LogP contribution in [0.25, 0.3) is 11.3 Å². The van der Waals surface area contributed by atoms with Crippen LogP contribution in [-0.2, 0) is 4.79 Å². The molecule has 2 aliphatic rings. The van der Waals surface area contributed by atoms with Gasteiger partial charge in [-0.05, 0) is 0 Å². The van der Waals surface area contributed by atoms with Gasteiger partial charge in [-0.15, -0.1) is 0 Å². The lowest BCUT2D eigenvalue weighted by molar-refractivity contribution is -0.132. The first-order chi connectivity index (χ1) is 6.75. The van der Waals surface area contributed by atoms with Gasteiger partial charge in [0.25, 0.3) is 0 Å². The van der Waals surface area contributed by atoms with Gasteiger partial charge in [-0.25, -0.2) is 9.97 Å². The second kappa shape index (κ2) is 3.37. The predicted octanol–water partition coefficient (Wildman–Crippen LogP) is 0.902. The molecule has 2 aliphatic heterocycles. The smallest absolute Gasteiger partial charge is 0.309 e. The number of carbonyl (C=O) groups excluding carboxylic acids is 1. The highest BCUT2D eigenvalue weighted by Crippen LogP contribution is 2.16. The van der Waals surface area contributed by atoms with Gasteiger partial charge >= 0.3 is 5.97 Å². The zero-order valence-electron chi connectivity index (χ0n) is 7.47. The predicted molar refractivity (Wildman–Crippen MR) is 47.8 cm³/mol. The fraction of sp³-hybridized carbons (Fsp3) is 0.111. The minimum Gasteiger partial charge on any atom is -0.406 e. The Morgan fingerprint density at radius 1 is 1.21 bits per heavy atom. The number of ether oxygens (including phenoxy) is 1. The molecule has 0 amide bonds. The van der Waals surface area contributed by atoms with Gasteiger partial charge in [-0.1, -0.05) is 0 Å². The molecule has 2 heterocycles. The molecule has 0 radical (unpaired) electrons. The number of aromatic nitrogens is 3. The number of hydrogen-bond donors (Lipinski definition) is 0. The van der Waals surface area contributed by atoms with E-state index >= 15 is 0 Å². The number of hydrogen-bond acceptors (Lipinski definition) is 5. The first kappa shape index (κ1) is 8.55. The minimum absolute atomic E-state index is 0.189. The third-order valence-electron chi connectivity index (χ3n) is 1.60. The normalized spacial score (nSPS) is 10.1. The third kappa shape index (κ3) is 1.66. The SMILES string of the molecule is CC(=O)Oc1cnc2cncc-2cn1. The fourth-order valence-corrected chi connectivity index (χ4v) is 1.03. The zero-order chi connectivity index (χ0) is 9.97. The summed E-state index contributed by atoms with van der Waals surface area (Å²) in [6, 6.07) is 0. The van der Waals surface area contributed by atoms with Crippen molar-refractivity contribution >= 4 is 5.97 Å². The summed E-state index contributed by atoms with van der Waals surface area (Å²) in [5.41, 5.74) is 1.53. The molecular weight excluding hydrogens is 182 g/mol. The van der Waals surface area contributed by atoms with E-state index in [2.05, 4.69) is 15.0 Å². The molecule has 70 valence electrons. The maximum atomic E-state index is 10.6. The molecule has 0 fully saturated rings. The Bertz CT molecular complexity index is 413. The molecule has 0 spiro atoms. The van der Waals surface area contributed by atoms with Crippen LogP contribution >= 0.6 is 0 Å². The molecule has 2 rings (SSSR count). The summed E-state index contributed by atoms with van der Waals surface area (Å²) in [6.07, 6.45) is 6.22. The van der Waals surface area contributed by atoms with E-state index in [9.17, 15) is 4.79 Å². The Kier molecular flexibility index (Phi) is 2.06. The highest BCUT2D eigenvalue weighted by Gasteiger charge is 2.04. The zero-order valence-corrected chi connectivity index (χ0v) is 7.47. The summed E-state index contributed by atoms with van der Waals surface area (Å²) in [6.45, 7) is 1.32. The lowest BCUT2D eigenvalue weighted by atomic mass is 10.3. The van der Waals surface area contributed by atoms with Crippen LogP contribution in [0.5, 0.6) is 5.88 Å². The third-order valence-corrected chi connectivity index (χ3v) is 1.60. The number of nitrogens with zero attached hydrogens (tertiary/aromatic N) is 3. The molecule has 5 nitrogen and oxygen atoms in total. The molecule has 0 aromatic carbocycles. The maximum absolute atomic E-state index is 10.6. The quantitative estimate of drug-likeness (QED) is 0.623. The fourth-order valence-electron chi connectivity index (χ4n) is 1.03. The van der Waals surface area contributed by atoms with Gasteiger partial charge in [0, 0.05) is 24.9 Å². The van der Waals surface area contributed by atoms with Crippen molar-refractivity contribution in [2.24, 2.45) is 0 Å². The van der Waals surface area contributed by atoms with E-state index in [0.717, 1.165) is 11.3 Å². The van der Waals surface area contributed by atoms with E-state index < -0.39 is 5.97 Å². The van der Waals surface area contributed by atoms with Crippen LogP contribution in [0, 0.1) is 0 Å². The maximum Gasteiger partial charge on any atom is 0.309 e. The van der Waals surface area contributed by atoms with Crippen molar-refractivity contribution in [1.29, 1.82) is 0 Å². The molecule has 5 heteroatoms. The van der Waals surface area contributed by atoms with Crippen molar-refractivity contribution < 1.29 is 9.53 Å². The number of rotatable bonds is 1. The lowest BCUT2D eigenvalue weighted by Crippen LogP contribution is -2.01. The van der Waals surface area contributed by atoms with Crippen LogP contribution in [0.2, 0.25) is 0 Å². The molecule has 0 N–H and O–H groups in total. The van der Waals surface area contributed by atoms with E-state index in [-0.39, 0.29) is 5.88 Å². The first-order valence-corrected chi connectivity index (χ1v) is 4.00. The van der Waals surface area contributed by atoms with E-state index in [4.69, 9.17) is 4.74 Å². The van der Waals surface area contributed by atoms with Gasteiger partial charge in [-0.2, -0.15) is 0 Å². The largest absolute Gasteiger partial charge is 0.406 e. The van der Waals surface area contributed by atoms with Crippen LogP contribution in [0.3, 0.4) is 0 Å². The minimum atomic E-state index is -0.414. The molecule has 0 aromatic heterocycles. The van der Waals surface area contributed by atoms with Gasteiger partial charge in [0.15, 0.2) is 0 Å². The molecule has 0 bridgehead atoms. The van der Waals surface area contributed by atoms with Crippen molar-refractivity contribution in [2.45, 2.75) is 6.92 Å². The van der Waals surface area contributed by atoms with Crippen LogP contribution in [0.15, 0.2) is 24.8 Å². The molecule has 0 aromatic rings. The van der Waals surface area contributed by atoms with Gasteiger partial charge in [0.05, 0.1) is 18.1 Å². The molecule has 0 saturated heterocycles. The van der Waals surface area contributed by atoms with E-state index in [1.54, 1.807) is 18.6 Å². The first-order valence-electron chi connectivity index (χ1n) is 4.00. The topological polar surface area (TPSA) is 65.0 Å². The van der Waals surface area contributed by atoms with Crippen molar-refractivity contribution in [2.75, 3.05) is 0 Å². The molecule has 14 heavy (non-hydrogen) atoms. The number of carbonyl (C=O) groups is 1. The van der Waals surface area contributed by atoms with Gasteiger partial charge in [0.2, 0.25) is 5.88 Å². The summed E-state index contributed by atoms with van der Waals surface area (Å²) in [4.78, 5) is 22.5. The van der Waals surface area contributed by atoms with Crippen LogP contribution in [0.4, 0.5) is 0 Å². The second-order valence-corrected chi connectivity index (χ2v) is 2.70. The van der Waals surface area contributed by atoms with E-state index in [0.29, 0.717) is 0 Å². The van der Waals surface area contributed by atoms with Crippen molar-refractivity contribution in [3.8, 4) is 17.1 Å². The van der Waals surface area contributed by atoms with Crippen molar-refractivity contribution in [3.63, 3.8) is 0 Å². The summed E-state index contributed by atoms with van der Waals surface area (Å²) in [7, 11) is 0. The van der Waals surface area contributed by atoms with Crippen LogP contribution < -0.4 is 4.74 Å². The summed E-state index contributed by atoms with van der Waals surface area (Å²) in [5, 5.41) is 0. The summed E-state index contributed by atoms with van der Waals surface area (Å²) in [5.74, 6) is -0.225. The Morgan fingerprint density at radius 2 is 2.07 bits per heavy atom. The standard InChI is InChI=1S/C9H7N3O2/c1-6(13)14-9-5-11-8-4-10-2-7(8)3-12-9/h2-5H,1H3. The Morgan fingerprint density at radius 3 is 2.86 bits per heavy atom. The highest BCUT2D eigenvalue weighted by molar-refractivity contribution is 5.68. The van der Waals surface area contributed by atoms with Gasteiger partial charge < -0.3 is 4.74 Å². The molecular formula is C9H7N3O2. The molecule has 0 unspecified atom stereocenters. The van der Waals surface area contributed by atoms with Crippen molar-refractivity contribution in [1.82, 2.24) is 15.0 Å². The monoisotopic (exact) mass is 189 g/mol. The molecule has 0 aliphatic carbocycles. The van der Waals surface area contributed by atoms with Gasteiger partial charge in [-0.3, -0.25) is 9.78 Å². The average Bonchev–Trinajstić information content (AvgIpc) is 2.50. The van der Waals surface area contributed by atoms with Gasteiger partial charge in [0.1, 0.15) is 0 Å². The summed E-state index contributed by atoms with van der Waals surface area (Å²) >= 11 is 0. The number of fused-ring (bicyclic) bond motifs is 1.